The molecule has 148 valence electrons. The zero-order chi connectivity index (χ0) is 20.2. The molecule has 7 heteroatoms. The molecule has 0 atom stereocenters. The van der Waals surface area contributed by atoms with Gasteiger partial charge >= 0.3 is 0 Å². The fourth-order valence-electron chi connectivity index (χ4n) is 3.14. The van der Waals surface area contributed by atoms with Crippen LogP contribution in [0.2, 0.25) is 0 Å². The molecule has 0 aliphatic carbocycles. The maximum Gasteiger partial charge on any atom is 0.262 e. The lowest BCUT2D eigenvalue weighted by Gasteiger charge is -2.11. The lowest BCUT2D eigenvalue weighted by molar-refractivity contribution is 0.416. The minimum atomic E-state index is 0.0212. The molecule has 0 radical (unpaired) electrons. The van der Waals surface area contributed by atoms with Crippen LogP contribution in [0.4, 0.5) is 0 Å². The molecule has 2 aromatic heterocycles. The van der Waals surface area contributed by atoms with Crippen LogP contribution in [0.1, 0.15) is 19.0 Å². The van der Waals surface area contributed by atoms with E-state index < -0.39 is 0 Å². The maximum absolute atomic E-state index is 12.9. The van der Waals surface area contributed by atoms with E-state index in [1.807, 2.05) is 48.5 Å². The molecule has 0 fully saturated rings. The van der Waals surface area contributed by atoms with Gasteiger partial charge in [-0.05, 0) is 30.7 Å². The van der Waals surface area contributed by atoms with E-state index in [9.17, 15) is 4.79 Å². The Morgan fingerprint density at radius 1 is 1.10 bits per heavy atom. The van der Waals surface area contributed by atoms with Crippen molar-refractivity contribution in [3.8, 4) is 16.3 Å². The van der Waals surface area contributed by atoms with Crippen molar-refractivity contribution >= 4 is 34.0 Å². The molecule has 0 unspecified atom stereocenters. The van der Waals surface area contributed by atoms with Gasteiger partial charge in [0.25, 0.3) is 5.56 Å². The van der Waals surface area contributed by atoms with Crippen LogP contribution < -0.4 is 10.3 Å². The standard InChI is InChI=1S/C22H21N3O2S2/c1-3-12-25-21(26)16-8-4-6-10-18(16)24-22(25)29-14-15-13-28-20(23-15)17-9-5-7-11-19(17)27-2/h4-11,13H,3,12,14H2,1-2H3. The molecular formula is C22H21N3O2S2. The second-order valence-electron chi connectivity index (χ2n) is 6.50. The summed E-state index contributed by atoms with van der Waals surface area (Å²) in [5.74, 6) is 1.47. The number of thioether (sulfide) groups is 1. The summed E-state index contributed by atoms with van der Waals surface area (Å²) < 4.78 is 7.23. The largest absolute Gasteiger partial charge is 0.496 e. The Morgan fingerprint density at radius 3 is 2.72 bits per heavy atom. The van der Waals surface area contributed by atoms with E-state index in [4.69, 9.17) is 14.7 Å². The number of hydrogen-bond acceptors (Lipinski definition) is 6. The minimum Gasteiger partial charge on any atom is -0.496 e. The molecule has 4 aromatic rings. The molecule has 0 aliphatic rings. The molecule has 4 rings (SSSR count). The summed E-state index contributed by atoms with van der Waals surface area (Å²) in [6.07, 6.45) is 0.877. The molecule has 0 amide bonds. The normalized spacial score (nSPS) is 11.1. The van der Waals surface area contributed by atoms with Gasteiger partial charge in [0.15, 0.2) is 5.16 Å². The number of thiazole rings is 1. The lowest BCUT2D eigenvalue weighted by atomic mass is 10.2. The number of methoxy groups -OCH3 is 1. The number of benzene rings is 2. The second-order valence-corrected chi connectivity index (χ2v) is 8.30. The predicted octanol–water partition coefficient (Wildman–Crippen LogP) is 5.23. The Balaban J connectivity index is 1.61. The molecule has 5 nitrogen and oxygen atoms in total. The van der Waals surface area contributed by atoms with Crippen molar-refractivity contribution < 1.29 is 4.74 Å². The molecule has 0 bridgehead atoms. The average Bonchev–Trinajstić information content (AvgIpc) is 3.23. The van der Waals surface area contributed by atoms with Gasteiger partial charge in [-0.15, -0.1) is 11.3 Å². The average molecular weight is 424 g/mol. The van der Waals surface area contributed by atoms with Gasteiger partial charge in [0.2, 0.25) is 0 Å². The summed E-state index contributed by atoms with van der Waals surface area (Å²) in [6, 6.07) is 15.4. The summed E-state index contributed by atoms with van der Waals surface area (Å²) in [5, 5.41) is 4.38. The molecule has 2 heterocycles. The van der Waals surface area contributed by atoms with E-state index in [1.54, 1.807) is 34.8 Å². The number of ether oxygens (including phenoxy) is 1. The second kappa shape index (κ2) is 8.80. The van der Waals surface area contributed by atoms with Crippen molar-refractivity contribution in [2.75, 3.05) is 7.11 Å². The van der Waals surface area contributed by atoms with E-state index in [0.29, 0.717) is 17.7 Å². The SMILES string of the molecule is CCCn1c(SCc2csc(-c3ccccc3OC)n2)nc2ccccc2c1=O. The lowest BCUT2D eigenvalue weighted by Crippen LogP contribution is -2.23. The Hall–Kier alpha value is -2.64. The van der Waals surface area contributed by atoms with Gasteiger partial charge in [-0.1, -0.05) is 43.0 Å². The van der Waals surface area contributed by atoms with Crippen molar-refractivity contribution in [1.29, 1.82) is 0 Å². The Labute approximate surface area is 177 Å². The van der Waals surface area contributed by atoms with Gasteiger partial charge in [-0.25, -0.2) is 9.97 Å². The van der Waals surface area contributed by atoms with Crippen molar-refractivity contribution in [3.63, 3.8) is 0 Å². The highest BCUT2D eigenvalue weighted by Gasteiger charge is 2.13. The highest BCUT2D eigenvalue weighted by Crippen LogP contribution is 2.33. The summed E-state index contributed by atoms with van der Waals surface area (Å²) in [4.78, 5) is 22.4. The third-order valence-electron chi connectivity index (χ3n) is 4.51. The van der Waals surface area contributed by atoms with Crippen LogP contribution in [0.15, 0.2) is 63.9 Å². The summed E-state index contributed by atoms with van der Waals surface area (Å²) in [5.41, 5.74) is 2.71. The first kappa shape index (κ1) is 19.7. The molecule has 0 saturated carbocycles. The summed E-state index contributed by atoms with van der Waals surface area (Å²) >= 11 is 3.15. The van der Waals surface area contributed by atoms with Crippen molar-refractivity contribution in [2.24, 2.45) is 0 Å². The molecule has 0 spiro atoms. The van der Waals surface area contributed by atoms with Crippen molar-refractivity contribution in [1.82, 2.24) is 14.5 Å². The number of nitrogens with zero attached hydrogens (tertiary/aromatic N) is 3. The Morgan fingerprint density at radius 2 is 1.90 bits per heavy atom. The van der Waals surface area contributed by atoms with Gasteiger partial charge in [-0.3, -0.25) is 9.36 Å². The quantitative estimate of drug-likeness (QED) is 0.301. The van der Waals surface area contributed by atoms with Crippen LogP contribution in [0.5, 0.6) is 5.75 Å². The van der Waals surface area contributed by atoms with Crippen LogP contribution in [-0.4, -0.2) is 21.6 Å². The zero-order valence-corrected chi connectivity index (χ0v) is 17.9. The van der Waals surface area contributed by atoms with E-state index in [-0.39, 0.29) is 5.56 Å². The van der Waals surface area contributed by atoms with E-state index >= 15 is 0 Å². The van der Waals surface area contributed by atoms with Crippen molar-refractivity contribution in [3.05, 3.63) is 70.0 Å². The smallest absolute Gasteiger partial charge is 0.262 e. The molecular weight excluding hydrogens is 402 g/mol. The molecule has 0 saturated heterocycles. The first-order valence-corrected chi connectivity index (χ1v) is 11.3. The fraction of sp³-hybridized carbons (Fsp3) is 0.227. The molecule has 0 N–H and O–H groups in total. The highest BCUT2D eigenvalue weighted by molar-refractivity contribution is 7.98. The summed E-state index contributed by atoms with van der Waals surface area (Å²) in [6.45, 7) is 2.72. The number of rotatable bonds is 7. The van der Waals surface area contributed by atoms with Gasteiger partial charge in [0.05, 0.1) is 29.3 Å². The monoisotopic (exact) mass is 423 g/mol. The maximum atomic E-state index is 12.9. The third-order valence-corrected chi connectivity index (χ3v) is 6.45. The highest BCUT2D eigenvalue weighted by atomic mass is 32.2. The van der Waals surface area contributed by atoms with E-state index in [1.165, 1.54) is 0 Å². The molecule has 2 aromatic carbocycles. The van der Waals surface area contributed by atoms with Crippen LogP contribution in [0.3, 0.4) is 0 Å². The first-order chi connectivity index (χ1) is 14.2. The van der Waals surface area contributed by atoms with Crippen LogP contribution >= 0.6 is 23.1 Å². The number of aromatic nitrogens is 3. The van der Waals surface area contributed by atoms with Crippen LogP contribution in [-0.2, 0) is 12.3 Å². The minimum absolute atomic E-state index is 0.0212. The van der Waals surface area contributed by atoms with Gasteiger partial charge in [0.1, 0.15) is 10.8 Å². The van der Waals surface area contributed by atoms with Gasteiger partial charge < -0.3 is 4.74 Å². The first-order valence-electron chi connectivity index (χ1n) is 9.41. The van der Waals surface area contributed by atoms with E-state index in [2.05, 4.69) is 12.3 Å². The topological polar surface area (TPSA) is 57.0 Å². The Kier molecular flexibility index (Phi) is 5.97. The number of para-hydroxylation sites is 2. The van der Waals surface area contributed by atoms with E-state index in [0.717, 1.165) is 39.1 Å². The summed E-state index contributed by atoms with van der Waals surface area (Å²) in [7, 11) is 1.67. The molecule has 0 aliphatic heterocycles. The zero-order valence-electron chi connectivity index (χ0n) is 16.3. The Bertz CT molecular complexity index is 1200. The predicted molar refractivity (Wildman–Crippen MR) is 120 cm³/mol. The molecule has 29 heavy (non-hydrogen) atoms. The van der Waals surface area contributed by atoms with Gasteiger partial charge in [0, 0.05) is 17.7 Å². The number of hydrogen-bond donors (Lipinski definition) is 0. The number of fused-ring (bicyclic) bond motifs is 1. The van der Waals surface area contributed by atoms with Crippen LogP contribution in [0.25, 0.3) is 21.5 Å². The fourth-order valence-corrected chi connectivity index (χ4v) is 5.01. The van der Waals surface area contributed by atoms with Crippen LogP contribution in [0, 0.1) is 0 Å². The third kappa shape index (κ3) is 4.06. The van der Waals surface area contributed by atoms with Crippen molar-refractivity contribution in [2.45, 2.75) is 30.8 Å². The van der Waals surface area contributed by atoms with Gasteiger partial charge in [-0.2, -0.15) is 0 Å².